The van der Waals surface area contributed by atoms with Gasteiger partial charge in [0.25, 0.3) is 12.3 Å². The number of pyridine rings is 1. The molecule has 4 aliphatic heterocycles. The number of rotatable bonds is 9. The molecule has 8 rings (SSSR count). The number of nitrogens with one attached hydrogen (secondary N) is 2. The van der Waals surface area contributed by atoms with E-state index in [-0.39, 0.29) is 75.2 Å². The Morgan fingerprint density at radius 3 is 2.54 bits per heavy atom. The number of alkyl halides is 7. The molecule has 4 amide bonds. The second-order valence-electron chi connectivity index (χ2n) is 19.9. The maximum Gasteiger partial charge on any atom is 0.406 e. The largest absolute Gasteiger partial charge is 0.464 e. The molecule has 6 atom stereocenters. The van der Waals surface area contributed by atoms with Crippen molar-refractivity contribution < 1.29 is 55.4 Å². The summed E-state index contributed by atoms with van der Waals surface area (Å²) < 4.78 is 86.4. The van der Waals surface area contributed by atoms with Crippen LogP contribution in [0, 0.1) is 11.3 Å². The monoisotopic (exact) mass is 1230 g/mol. The van der Waals surface area contributed by atoms with Gasteiger partial charge in [-0.15, -0.1) is 0 Å². The van der Waals surface area contributed by atoms with E-state index >= 15 is 8.78 Å². The van der Waals surface area contributed by atoms with Crippen molar-refractivity contribution in [1.29, 1.82) is 0 Å². The molecule has 3 aromatic rings. The summed E-state index contributed by atoms with van der Waals surface area (Å²) in [6, 6.07) is 4.50. The molecule has 386 valence electrons. The molecule has 0 spiro atoms. The number of hydrogen-bond donors (Lipinski definition) is 2. The summed E-state index contributed by atoms with van der Waals surface area (Å²) in [6.07, 6.45) is -3.23. The molecule has 15 nitrogen and oxygen atoms in total. The molecular weight excluding hydrogens is 1170 g/mol. The van der Waals surface area contributed by atoms with Gasteiger partial charge in [-0.25, -0.2) is 19.2 Å². The standard InChI is InChI=1S/C50H55F5I2N8O7/c1-8-34(66)63-17-14-49(57,22-63)47(70)62(6)40(25(2)3)44(67)60-32-20-26-18-27(21-28(19-26)43(51)52)30-11-12-33-38(59-30)36-37(48(4,5)24-72-46(69)31-10-9-16-65(61-31)45(32)68)42(71-7)39-35(29(56)13-15-58-39)41(36)64(33)23-50(53,54)55/h8,11-12,15,18-21,25,29,31,37,40,42-43,61H,1,9-10,13-14,16-17,22-24H2,2-7H3,(H,60,67)/b32-20-/t29-,31-,37?,40-,42-,49+/m0/s1. The van der Waals surface area contributed by atoms with Gasteiger partial charge in [0.1, 0.15) is 33.9 Å². The number of benzene rings is 1. The summed E-state index contributed by atoms with van der Waals surface area (Å²) in [5.74, 6) is -4.46. The Bertz CT molecular complexity index is 2830. The number of hydrazine groups is 1. The van der Waals surface area contributed by atoms with Crippen LogP contribution in [0.3, 0.4) is 0 Å². The zero-order valence-electron chi connectivity index (χ0n) is 40.4. The third-order valence-electron chi connectivity index (χ3n) is 14.0. The van der Waals surface area contributed by atoms with Crippen LogP contribution in [0.15, 0.2) is 59.4 Å². The van der Waals surface area contributed by atoms with Gasteiger partial charge in [0, 0.05) is 77.5 Å². The van der Waals surface area contributed by atoms with Crippen molar-refractivity contribution in [2.24, 2.45) is 16.3 Å². The van der Waals surface area contributed by atoms with Crippen molar-refractivity contribution in [2.45, 2.75) is 104 Å². The lowest BCUT2D eigenvalue weighted by Crippen LogP contribution is -2.58. The molecule has 2 N–H and O–H groups in total. The third kappa shape index (κ3) is 10.2. The maximum atomic E-state index is 15.0. The van der Waals surface area contributed by atoms with E-state index in [0.717, 1.165) is 17.2 Å². The number of likely N-dealkylation sites (tertiary alicyclic amines) is 1. The van der Waals surface area contributed by atoms with Gasteiger partial charge in [-0.1, -0.05) is 79.5 Å². The van der Waals surface area contributed by atoms with Crippen molar-refractivity contribution in [3.05, 3.63) is 76.8 Å². The SMILES string of the molecule is C=CC(=O)N1CC[C@](I)(C(=O)N(C)[C@H](C(=O)N/C2=C\c3cc(cc(C(F)F)c3)-c3ccc4c(n3)c3c(n4CC(F)(F)F)C4=C(N=CC[C@@H]4I)[C@@H](OC)C3C(C)(C)COC(=O)[C@@H]3CCCN(N3)C2=O)C(C)C)C1. The number of carbonyl (C=O) groups excluding carboxylic acids is 5. The van der Waals surface area contributed by atoms with E-state index in [1.165, 1.54) is 58.9 Å². The Morgan fingerprint density at radius 2 is 1.88 bits per heavy atom. The smallest absolute Gasteiger partial charge is 0.406 e. The number of hydrogen-bond acceptors (Lipinski definition) is 10. The minimum absolute atomic E-state index is 0.0230. The number of likely N-dealkylation sites (N-methyl/N-ethyl adjacent to an activating group) is 1. The molecule has 5 aliphatic rings. The van der Waals surface area contributed by atoms with E-state index < -0.39 is 87.3 Å². The van der Waals surface area contributed by atoms with Crippen LogP contribution in [-0.4, -0.2) is 132 Å². The first kappa shape index (κ1) is 53.5. The van der Waals surface area contributed by atoms with Gasteiger partial charge in [-0.2, -0.15) is 13.2 Å². The number of aromatic nitrogens is 2. The number of allylic oxidation sites excluding steroid dienone is 1. The third-order valence-corrected chi connectivity index (χ3v) is 16.5. The Morgan fingerprint density at radius 1 is 1.14 bits per heavy atom. The van der Waals surface area contributed by atoms with Gasteiger partial charge in [-0.3, -0.25) is 34.0 Å². The number of aliphatic imine (C=N–C) groups is 1. The van der Waals surface area contributed by atoms with E-state index in [1.54, 1.807) is 33.9 Å². The lowest BCUT2D eigenvalue weighted by Gasteiger charge is -2.44. The lowest BCUT2D eigenvalue weighted by molar-refractivity contribution is -0.155. The summed E-state index contributed by atoms with van der Waals surface area (Å²) in [7, 11) is 2.94. The van der Waals surface area contributed by atoms with Gasteiger partial charge < -0.3 is 29.2 Å². The molecule has 1 unspecified atom stereocenters. The number of amides is 4. The maximum absolute atomic E-state index is 15.0. The average molecular weight is 1230 g/mol. The first-order chi connectivity index (χ1) is 33.9. The molecule has 6 bridgehead atoms. The van der Waals surface area contributed by atoms with E-state index in [2.05, 4.69) is 39.9 Å². The van der Waals surface area contributed by atoms with Gasteiger partial charge in [0.2, 0.25) is 17.7 Å². The predicted octanol–water partition coefficient (Wildman–Crippen LogP) is 7.92. The molecule has 72 heavy (non-hydrogen) atoms. The van der Waals surface area contributed by atoms with Crippen molar-refractivity contribution in [2.75, 3.05) is 40.4 Å². The van der Waals surface area contributed by atoms with Gasteiger partial charge in [-0.05, 0) is 79.6 Å². The fourth-order valence-corrected chi connectivity index (χ4v) is 12.5. The normalized spacial score (nSPS) is 25.5. The van der Waals surface area contributed by atoms with Gasteiger partial charge in [0.05, 0.1) is 34.7 Å². The second kappa shape index (κ2) is 20.5. The molecule has 1 aliphatic carbocycles. The number of esters is 1. The van der Waals surface area contributed by atoms with Crippen LogP contribution in [-0.2, 0) is 40.0 Å². The minimum atomic E-state index is -4.69. The molecule has 1 aromatic carbocycles. The summed E-state index contributed by atoms with van der Waals surface area (Å²) in [5, 5.41) is 3.85. The number of methoxy groups -OCH3 is 1. The lowest BCUT2D eigenvalue weighted by atomic mass is 9.67. The van der Waals surface area contributed by atoms with Crippen molar-refractivity contribution in [1.82, 2.24) is 35.1 Å². The van der Waals surface area contributed by atoms with Gasteiger partial charge in [0.15, 0.2) is 0 Å². The highest BCUT2D eigenvalue weighted by Gasteiger charge is 2.51. The van der Waals surface area contributed by atoms with Crippen LogP contribution in [0.1, 0.15) is 88.1 Å². The first-order valence-electron chi connectivity index (χ1n) is 23.5. The van der Waals surface area contributed by atoms with E-state index in [4.69, 9.17) is 19.5 Å². The van der Waals surface area contributed by atoms with Crippen LogP contribution in [0.25, 0.3) is 33.9 Å². The molecule has 2 fully saturated rings. The average Bonchev–Trinajstić information content (AvgIpc) is 3.88. The molecule has 2 saturated heterocycles. The van der Waals surface area contributed by atoms with Crippen molar-refractivity contribution in [3.8, 4) is 11.3 Å². The number of carbonyl (C=O) groups is 5. The van der Waals surface area contributed by atoms with Crippen molar-refractivity contribution in [3.63, 3.8) is 0 Å². The highest BCUT2D eigenvalue weighted by atomic mass is 127. The number of nitrogens with zero attached hydrogens (tertiary/aromatic N) is 6. The number of ether oxygens (including phenoxy) is 2. The Hall–Kier alpha value is -4.82. The number of fused-ring (bicyclic) bond motifs is 7. The van der Waals surface area contributed by atoms with E-state index in [0.29, 0.717) is 42.6 Å². The van der Waals surface area contributed by atoms with Crippen LogP contribution in [0.5, 0.6) is 0 Å². The Balaban J connectivity index is 1.31. The zero-order chi connectivity index (χ0) is 52.4. The summed E-state index contributed by atoms with van der Waals surface area (Å²) in [4.78, 5) is 82.8. The van der Waals surface area contributed by atoms with Crippen molar-refractivity contribution >= 4 is 104 Å². The quantitative estimate of drug-likeness (QED) is 0.0712. The molecule has 2 aromatic heterocycles. The molecule has 0 saturated carbocycles. The molecule has 22 heteroatoms. The molecule has 0 radical (unpaired) electrons. The Kier molecular flexibility index (Phi) is 15.2. The highest BCUT2D eigenvalue weighted by Crippen LogP contribution is 2.55. The van der Waals surface area contributed by atoms with Crippen LogP contribution in [0.2, 0.25) is 0 Å². The fraction of sp³-hybridized carbons (Fsp3) is 0.500. The molecular formula is C50H55F5I2N8O7. The summed E-state index contributed by atoms with van der Waals surface area (Å²) in [6.45, 7) is 9.36. The minimum Gasteiger partial charge on any atom is -0.464 e. The van der Waals surface area contributed by atoms with Crippen LogP contribution in [0.4, 0.5) is 22.0 Å². The Labute approximate surface area is 440 Å². The number of halogens is 7. The van der Waals surface area contributed by atoms with E-state index in [9.17, 15) is 37.1 Å². The molecule has 6 heterocycles. The fourth-order valence-electron chi connectivity index (χ4n) is 10.7. The highest BCUT2D eigenvalue weighted by molar-refractivity contribution is 14.1. The summed E-state index contributed by atoms with van der Waals surface area (Å²) in [5.41, 5.74) is 3.17. The predicted molar refractivity (Wildman–Crippen MR) is 276 cm³/mol. The second-order valence-corrected chi connectivity index (χ2v) is 23.4. The van der Waals surface area contributed by atoms with Crippen LogP contribution >= 0.6 is 45.2 Å². The number of cyclic esters (lactones) is 1. The topological polar surface area (TPSA) is 168 Å². The first-order valence-corrected chi connectivity index (χ1v) is 25.8. The summed E-state index contributed by atoms with van der Waals surface area (Å²) >= 11 is 4.19. The van der Waals surface area contributed by atoms with E-state index in [1.807, 2.05) is 22.6 Å². The van der Waals surface area contributed by atoms with Crippen LogP contribution < -0.4 is 10.7 Å². The van der Waals surface area contributed by atoms with Gasteiger partial charge >= 0.3 is 12.1 Å². The zero-order valence-corrected chi connectivity index (χ0v) is 44.7.